The normalized spacial score (nSPS) is 11.5. The van der Waals surface area contributed by atoms with Gasteiger partial charge in [0.1, 0.15) is 11.6 Å². The fourth-order valence-corrected chi connectivity index (χ4v) is 2.17. The Hall–Kier alpha value is -1.71. The summed E-state index contributed by atoms with van der Waals surface area (Å²) in [6, 6.07) is 3.55. The standard InChI is InChI=1S/C15H17F2NO/c1-9(2)4-5-11-6-13-14(17)7-12(16)8-15(13)18(19)10(11)3/h6-9H,4-5H2,1-3H3. The summed E-state index contributed by atoms with van der Waals surface area (Å²) in [6.07, 6.45) is 1.65. The van der Waals surface area contributed by atoms with E-state index in [1.54, 1.807) is 13.0 Å². The average Bonchev–Trinajstić information content (AvgIpc) is 2.32. The second kappa shape index (κ2) is 5.11. The Morgan fingerprint density at radius 1 is 1.21 bits per heavy atom. The van der Waals surface area contributed by atoms with Gasteiger partial charge in [-0.15, -0.1) is 0 Å². The number of hydrogen-bond acceptors (Lipinski definition) is 1. The lowest BCUT2D eigenvalue weighted by Gasteiger charge is -2.11. The van der Waals surface area contributed by atoms with Gasteiger partial charge in [-0.3, -0.25) is 0 Å². The summed E-state index contributed by atoms with van der Waals surface area (Å²) in [6.45, 7) is 5.88. The van der Waals surface area contributed by atoms with E-state index in [1.165, 1.54) is 0 Å². The van der Waals surface area contributed by atoms with Crippen LogP contribution in [0.3, 0.4) is 0 Å². The van der Waals surface area contributed by atoms with Crippen molar-refractivity contribution in [1.29, 1.82) is 0 Å². The maximum atomic E-state index is 13.7. The molecule has 0 aliphatic carbocycles. The molecule has 0 saturated carbocycles. The van der Waals surface area contributed by atoms with E-state index in [0.29, 0.717) is 16.3 Å². The fourth-order valence-electron chi connectivity index (χ4n) is 2.17. The first-order valence-corrected chi connectivity index (χ1v) is 6.41. The van der Waals surface area contributed by atoms with Crippen molar-refractivity contribution in [2.45, 2.75) is 33.6 Å². The lowest BCUT2D eigenvalue weighted by molar-refractivity contribution is -0.584. The van der Waals surface area contributed by atoms with Crippen LogP contribution >= 0.6 is 0 Å². The molecule has 2 rings (SSSR count). The fraction of sp³-hybridized carbons (Fsp3) is 0.400. The molecule has 0 unspecified atom stereocenters. The van der Waals surface area contributed by atoms with Gasteiger partial charge in [-0.05, 0) is 24.8 Å². The van der Waals surface area contributed by atoms with Crippen molar-refractivity contribution in [2.75, 3.05) is 0 Å². The number of halogens is 2. The second-order valence-corrected chi connectivity index (χ2v) is 5.30. The highest BCUT2D eigenvalue weighted by Crippen LogP contribution is 2.21. The third-order valence-electron chi connectivity index (χ3n) is 3.37. The van der Waals surface area contributed by atoms with Crippen molar-refractivity contribution in [3.63, 3.8) is 0 Å². The topological polar surface area (TPSA) is 26.9 Å². The minimum Gasteiger partial charge on any atom is -0.618 e. The number of aromatic nitrogens is 1. The van der Waals surface area contributed by atoms with Gasteiger partial charge in [0.05, 0.1) is 5.39 Å². The molecule has 4 heteroatoms. The molecule has 2 nitrogen and oxygen atoms in total. The van der Waals surface area contributed by atoms with E-state index < -0.39 is 11.6 Å². The van der Waals surface area contributed by atoms with Crippen LogP contribution in [0.5, 0.6) is 0 Å². The lowest BCUT2D eigenvalue weighted by atomic mass is 10.00. The Balaban J connectivity index is 2.59. The van der Waals surface area contributed by atoms with Crippen molar-refractivity contribution >= 4 is 10.9 Å². The molecule has 0 saturated heterocycles. The van der Waals surface area contributed by atoms with Gasteiger partial charge in [0.25, 0.3) is 0 Å². The molecule has 0 radical (unpaired) electrons. The van der Waals surface area contributed by atoms with E-state index in [1.807, 2.05) is 0 Å². The zero-order valence-electron chi connectivity index (χ0n) is 11.3. The van der Waals surface area contributed by atoms with Crippen LogP contribution in [-0.2, 0) is 6.42 Å². The Labute approximate surface area is 111 Å². The highest BCUT2D eigenvalue weighted by atomic mass is 19.1. The first kappa shape index (κ1) is 13.7. The third kappa shape index (κ3) is 2.67. The summed E-state index contributed by atoms with van der Waals surface area (Å²) in [5.74, 6) is -0.914. The Bertz CT molecular complexity index is 623. The van der Waals surface area contributed by atoms with Gasteiger partial charge in [0.15, 0.2) is 5.69 Å². The molecule has 0 aliphatic heterocycles. The van der Waals surface area contributed by atoms with Crippen LogP contribution in [-0.4, -0.2) is 0 Å². The zero-order chi connectivity index (χ0) is 14.2. The number of pyridine rings is 1. The molecule has 2 aromatic rings. The molecule has 0 atom stereocenters. The van der Waals surface area contributed by atoms with E-state index in [4.69, 9.17) is 0 Å². The molecule has 0 aliphatic rings. The molecular weight excluding hydrogens is 248 g/mol. The van der Waals surface area contributed by atoms with Crippen molar-refractivity contribution < 1.29 is 13.5 Å². The largest absolute Gasteiger partial charge is 0.618 e. The van der Waals surface area contributed by atoms with Crippen molar-refractivity contribution in [2.24, 2.45) is 5.92 Å². The first-order valence-electron chi connectivity index (χ1n) is 6.41. The second-order valence-electron chi connectivity index (χ2n) is 5.30. The summed E-state index contributed by atoms with van der Waals surface area (Å²) in [5, 5.41) is 12.3. The molecule has 19 heavy (non-hydrogen) atoms. The average molecular weight is 265 g/mol. The lowest BCUT2D eigenvalue weighted by Crippen LogP contribution is -2.32. The van der Waals surface area contributed by atoms with Crippen LogP contribution in [0.1, 0.15) is 31.5 Å². The van der Waals surface area contributed by atoms with Crippen LogP contribution in [0.4, 0.5) is 8.78 Å². The maximum Gasteiger partial charge on any atom is 0.229 e. The van der Waals surface area contributed by atoms with Crippen LogP contribution in [0.15, 0.2) is 18.2 Å². The van der Waals surface area contributed by atoms with Crippen LogP contribution in [0.25, 0.3) is 10.9 Å². The predicted octanol–water partition coefficient (Wildman–Crippen LogP) is 3.65. The molecule has 0 bridgehead atoms. The van der Waals surface area contributed by atoms with E-state index in [2.05, 4.69) is 13.8 Å². The van der Waals surface area contributed by atoms with Gasteiger partial charge in [0.2, 0.25) is 5.52 Å². The van der Waals surface area contributed by atoms with Crippen LogP contribution in [0, 0.1) is 29.7 Å². The summed E-state index contributed by atoms with van der Waals surface area (Å²) < 4.78 is 27.5. The molecule has 1 heterocycles. The summed E-state index contributed by atoms with van der Waals surface area (Å²) >= 11 is 0. The molecule has 1 aromatic carbocycles. The van der Waals surface area contributed by atoms with E-state index in [-0.39, 0.29) is 10.9 Å². The molecule has 0 amide bonds. The number of benzene rings is 1. The van der Waals surface area contributed by atoms with Crippen LogP contribution in [0.2, 0.25) is 0 Å². The van der Waals surface area contributed by atoms with Gasteiger partial charge in [-0.25, -0.2) is 8.78 Å². The number of nitrogens with zero attached hydrogens (tertiary/aromatic N) is 1. The zero-order valence-corrected chi connectivity index (χ0v) is 11.3. The quantitative estimate of drug-likeness (QED) is 0.614. The minimum absolute atomic E-state index is 0.0447. The minimum atomic E-state index is -0.732. The third-order valence-corrected chi connectivity index (χ3v) is 3.37. The molecule has 102 valence electrons. The van der Waals surface area contributed by atoms with Gasteiger partial charge >= 0.3 is 0 Å². The molecule has 0 spiro atoms. The van der Waals surface area contributed by atoms with Gasteiger partial charge in [-0.1, -0.05) is 13.8 Å². The number of aryl methyl sites for hydroxylation is 1. The first-order chi connectivity index (χ1) is 8.90. The van der Waals surface area contributed by atoms with Crippen molar-refractivity contribution in [1.82, 2.24) is 0 Å². The smallest absolute Gasteiger partial charge is 0.229 e. The van der Waals surface area contributed by atoms with E-state index in [0.717, 1.165) is 30.5 Å². The molecule has 0 fully saturated rings. The number of rotatable bonds is 3. The monoisotopic (exact) mass is 265 g/mol. The maximum absolute atomic E-state index is 13.7. The van der Waals surface area contributed by atoms with Crippen molar-refractivity contribution in [3.8, 4) is 0 Å². The highest BCUT2D eigenvalue weighted by molar-refractivity contribution is 5.77. The number of hydrogen-bond donors (Lipinski definition) is 0. The van der Waals surface area contributed by atoms with Gasteiger partial charge < -0.3 is 5.21 Å². The van der Waals surface area contributed by atoms with Crippen molar-refractivity contribution in [3.05, 3.63) is 46.3 Å². The van der Waals surface area contributed by atoms with Gasteiger partial charge in [-0.2, -0.15) is 4.73 Å². The molecular formula is C15H17F2NO. The highest BCUT2D eigenvalue weighted by Gasteiger charge is 2.17. The Kier molecular flexibility index (Phi) is 3.69. The molecule has 0 N–H and O–H groups in total. The summed E-state index contributed by atoms with van der Waals surface area (Å²) in [5.41, 5.74) is 1.38. The Morgan fingerprint density at radius 3 is 2.53 bits per heavy atom. The number of fused-ring (bicyclic) bond motifs is 1. The Morgan fingerprint density at radius 2 is 1.89 bits per heavy atom. The SMILES string of the molecule is Cc1c(CCC(C)C)cc2c(F)cc(F)cc2[n+]1[O-]. The molecule has 1 aromatic heterocycles. The van der Waals surface area contributed by atoms with E-state index in [9.17, 15) is 14.0 Å². The predicted molar refractivity (Wildman–Crippen MR) is 70.7 cm³/mol. The van der Waals surface area contributed by atoms with E-state index >= 15 is 0 Å². The summed E-state index contributed by atoms with van der Waals surface area (Å²) in [4.78, 5) is 0. The van der Waals surface area contributed by atoms with Crippen LogP contribution < -0.4 is 4.73 Å². The summed E-state index contributed by atoms with van der Waals surface area (Å²) in [7, 11) is 0. The van der Waals surface area contributed by atoms with Gasteiger partial charge in [0, 0.05) is 24.6 Å².